The number of benzene rings is 1. The van der Waals surface area contributed by atoms with Crippen LogP contribution >= 0.6 is 22.9 Å². The summed E-state index contributed by atoms with van der Waals surface area (Å²) in [6, 6.07) is 7.91. The molecule has 0 aliphatic carbocycles. The summed E-state index contributed by atoms with van der Waals surface area (Å²) in [6.07, 6.45) is 1.74. The molecular weight excluding hydrogens is 368 g/mol. The molecule has 0 unspecified atom stereocenters. The van der Waals surface area contributed by atoms with Crippen LogP contribution in [0.1, 0.15) is 5.01 Å². The van der Waals surface area contributed by atoms with E-state index in [2.05, 4.69) is 14.7 Å². The van der Waals surface area contributed by atoms with E-state index >= 15 is 0 Å². The Hall–Kier alpha value is -1.74. The number of thiol groups is 1. The van der Waals surface area contributed by atoms with Crippen molar-refractivity contribution in [2.24, 2.45) is 0 Å². The van der Waals surface area contributed by atoms with Crippen molar-refractivity contribution in [2.45, 2.75) is 6.54 Å². The molecule has 0 bridgehead atoms. The maximum atomic E-state index is 10.6. The van der Waals surface area contributed by atoms with Crippen molar-refractivity contribution in [3.05, 3.63) is 40.6 Å². The van der Waals surface area contributed by atoms with Gasteiger partial charge in [-0.05, 0) is 23.8 Å². The van der Waals surface area contributed by atoms with Crippen LogP contribution in [0.2, 0.25) is 5.15 Å². The maximum absolute atomic E-state index is 10.6. The van der Waals surface area contributed by atoms with E-state index in [-0.39, 0.29) is 6.54 Å². The zero-order chi connectivity index (χ0) is 17.3. The highest BCUT2D eigenvalue weighted by atomic mass is 35.5. The van der Waals surface area contributed by atoms with E-state index in [1.54, 1.807) is 6.20 Å². The Morgan fingerprint density at radius 1 is 1.25 bits per heavy atom. The molecule has 0 spiro atoms. The molecule has 0 fully saturated rings. The fourth-order valence-electron chi connectivity index (χ4n) is 2.27. The molecule has 1 N–H and O–H groups in total. The second-order valence-electron chi connectivity index (χ2n) is 5.31. The Bertz CT molecular complexity index is 961. The highest BCUT2D eigenvalue weighted by Gasteiger charge is 2.09. The molecule has 0 saturated heterocycles. The fraction of sp³-hybridized carbons (Fsp3) is 0.200. The number of halogens is 1. The van der Waals surface area contributed by atoms with Crippen molar-refractivity contribution >= 4 is 49.7 Å². The van der Waals surface area contributed by atoms with Gasteiger partial charge in [-0.1, -0.05) is 17.7 Å². The summed E-state index contributed by atoms with van der Waals surface area (Å²) in [7, 11) is 1.21. The van der Waals surface area contributed by atoms with Crippen molar-refractivity contribution in [1.82, 2.24) is 14.7 Å². The third-order valence-corrected chi connectivity index (χ3v) is 5.15. The average Bonchev–Trinajstić information content (AvgIpc) is 2.95. The number of aromatic nitrogens is 2. The smallest absolute Gasteiger partial charge is 0.201 e. The van der Waals surface area contributed by atoms with E-state index in [4.69, 9.17) is 11.6 Å². The number of pyridine rings is 1. The minimum atomic E-state index is -2.62. The molecule has 0 aliphatic rings. The summed E-state index contributed by atoms with van der Waals surface area (Å²) < 4.78 is 24.6. The van der Waals surface area contributed by atoms with Gasteiger partial charge in [-0.2, -0.15) is 0 Å². The monoisotopic (exact) mass is 382 g/mol. The number of rotatable bonds is 5. The molecule has 0 atom stereocenters. The quantitative estimate of drug-likeness (QED) is 0.524. The number of anilines is 1. The second kappa shape index (κ2) is 7.02. The number of thiazole rings is 1. The van der Waals surface area contributed by atoms with Gasteiger partial charge in [0.15, 0.2) is 5.15 Å². The Balaban J connectivity index is 1.97. The Morgan fingerprint density at radius 3 is 2.75 bits per heavy atom. The zero-order valence-electron chi connectivity index (χ0n) is 13.0. The summed E-state index contributed by atoms with van der Waals surface area (Å²) >= 11 is 7.58. The largest absolute Gasteiger partial charge is 0.375 e. The fourth-order valence-corrected chi connectivity index (χ4v) is 3.87. The highest BCUT2D eigenvalue weighted by molar-refractivity contribution is 7.70. The molecule has 1 aromatic carbocycles. The molecule has 2 heterocycles. The number of nitrogens with one attached hydrogen (secondary N) is 1. The number of hydrogen-bond donors (Lipinski definition) is 2. The summed E-state index contributed by atoms with van der Waals surface area (Å²) in [5.41, 5.74) is 3.66. The van der Waals surface area contributed by atoms with Gasteiger partial charge in [0.1, 0.15) is 5.01 Å². The minimum Gasteiger partial charge on any atom is -0.375 e. The van der Waals surface area contributed by atoms with Crippen LogP contribution in [0.15, 0.2) is 30.5 Å². The summed E-state index contributed by atoms with van der Waals surface area (Å²) in [4.78, 5) is 10.6. The maximum Gasteiger partial charge on any atom is 0.201 e. The molecular formula is C15H15ClN4O2S2. The van der Waals surface area contributed by atoms with Crippen molar-refractivity contribution in [3.63, 3.8) is 0 Å². The van der Waals surface area contributed by atoms with Crippen LogP contribution in [0.4, 0.5) is 5.69 Å². The molecule has 0 amide bonds. The van der Waals surface area contributed by atoms with Crippen LogP contribution < -0.4 is 9.62 Å². The Labute approximate surface area is 150 Å². The predicted molar refractivity (Wildman–Crippen MR) is 99.3 cm³/mol. The lowest BCUT2D eigenvalue weighted by Gasteiger charge is -2.14. The topological polar surface area (TPSA) is 75.2 Å². The van der Waals surface area contributed by atoms with Gasteiger partial charge < -0.3 is 4.90 Å². The van der Waals surface area contributed by atoms with E-state index in [0.717, 1.165) is 32.0 Å². The van der Waals surface area contributed by atoms with E-state index in [1.807, 2.05) is 43.3 Å². The molecule has 9 heteroatoms. The lowest BCUT2D eigenvalue weighted by Crippen LogP contribution is -2.09. The molecule has 24 heavy (non-hydrogen) atoms. The summed E-state index contributed by atoms with van der Waals surface area (Å²) in [5, 5.41) is 1.19. The lowest BCUT2D eigenvalue weighted by atomic mass is 10.1. The normalized spacial score (nSPS) is 11.3. The first-order chi connectivity index (χ1) is 11.4. The average molecular weight is 383 g/mol. The molecule has 126 valence electrons. The van der Waals surface area contributed by atoms with Gasteiger partial charge >= 0.3 is 0 Å². The first-order valence-electron chi connectivity index (χ1n) is 7.04. The van der Waals surface area contributed by atoms with Gasteiger partial charge in [0.2, 0.25) is 10.9 Å². The van der Waals surface area contributed by atoms with Crippen LogP contribution in [0.5, 0.6) is 0 Å². The third kappa shape index (κ3) is 3.67. The van der Waals surface area contributed by atoms with Gasteiger partial charge in [0.25, 0.3) is 0 Å². The standard InChI is InChI=1S/C15H15ClN4O2S2/c1-20(2)12-5-10(7-17-15(12)16)9-3-4-11-13(6-9)23-14(19-11)8-18-24(21)22/h3-7,24H,8H2,1-2H3,(H,18,21,22). The number of fused-ring (bicyclic) bond motifs is 1. The predicted octanol–water partition coefficient (Wildman–Crippen LogP) is 2.69. The van der Waals surface area contributed by atoms with E-state index in [9.17, 15) is 8.42 Å². The summed E-state index contributed by atoms with van der Waals surface area (Å²) in [6.45, 7) is 0.209. The third-order valence-electron chi connectivity index (χ3n) is 3.43. The van der Waals surface area contributed by atoms with Gasteiger partial charge in [-0.15, -0.1) is 11.3 Å². The van der Waals surface area contributed by atoms with Gasteiger partial charge in [0.05, 0.1) is 22.4 Å². The molecule has 0 saturated carbocycles. The van der Waals surface area contributed by atoms with Crippen molar-refractivity contribution < 1.29 is 8.42 Å². The SMILES string of the molecule is CN(C)c1cc(-c2ccc3nc(CN[SH](=O)=O)sc3c2)cnc1Cl. The molecule has 6 nitrogen and oxygen atoms in total. The Morgan fingerprint density at radius 2 is 2.04 bits per heavy atom. The van der Waals surface area contributed by atoms with Gasteiger partial charge in [-0.25, -0.2) is 23.1 Å². The second-order valence-corrected chi connectivity index (χ2v) is 7.61. The van der Waals surface area contributed by atoms with Crippen LogP contribution in [0, 0.1) is 0 Å². The van der Waals surface area contributed by atoms with E-state index in [1.165, 1.54) is 11.3 Å². The molecule has 0 aliphatic heterocycles. The Kier molecular flexibility index (Phi) is 5.00. The van der Waals surface area contributed by atoms with E-state index in [0.29, 0.717) is 5.15 Å². The van der Waals surface area contributed by atoms with E-state index < -0.39 is 10.9 Å². The lowest BCUT2D eigenvalue weighted by molar-refractivity contribution is 0.601. The highest BCUT2D eigenvalue weighted by Crippen LogP contribution is 2.31. The number of hydrogen-bond acceptors (Lipinski definition) is 6. The van der Waals surface area contributed by atoms with Crippen LogP contribution in [0.3, 0.4) is 0 Å². The first-order valence-corrected chi connectivity index (χ1v) is 9.42. The zero-order valence-corrected chi connectivity index (χ0v) is 15.5. The number of nitrogens with zero attached hydrogens (tertiary/aromatic N) is 3. The first kappa shape index (κ1) is 17.1. The van der Waals surface area contributed by atoms with Crippen molar-refractivity contribution in [1.29, 1.82) is 0 Å². The molecule has 3 rings (SSSR count). The van der Waals surface area contributed by atoms with Crippen LogP contribution in [0.25, 0.3) is 21.3 Å². The molecule has 2 aromatic heterocycles. The van der Waals surface area contributed by atoms with Crippen molar-refractivity contribution in [3.8, 4) is 11.1 Å². The minimum absolute atomic E-state index is 0.209. The van der Waals surface area contributed by atoms with Gasteiger partial charge in [-0.3, -0.25) is 0 Å². The van der Waals surface area contributed by atoms with Crippen LogP contribution in [-0.2, 0) is 17.4 Å². The van der Waals surface area contributed by atoms with Crippen molar-refractivity contribution in [2.75, 3.05) is 19.0 Å². The molecule has 3 aromatic rings. The summed E-state index contributed by atoms with van der Waals surface area (Å²) in [5.74, 6) is 0. The van der Waals surface area contributed by atoms with Gasteiger partial charge in [0, 0.05) is 25.9 Å². The van der Waals surface area contributed by atoms with Crippen LogP contribution in [-0.4, -0.2) is 32.5 Å². The molecule has 0 radical (unpaired) electrons.